The molecule has 2 fully saturated rings. The van der Waals surface area contributed by atoms with Crippen molar-refractivity contribution in [2.45, 2.75) is 23.8 Å². The number of nitrogens with one attached hydrogen (secondary N) is 2. The Bertz CT molecular complexity index is 999. The normalized spacial score (nSPS) is 23.7. The third kappa shape index (κ3) is 2.91. The van der Waals surface area contributed by atoms with Crippen LogP contribution in [-0.2, 0) is 19.6 Å². The molecule has 2 N–H and O–H groups in total. The van der Waals surface area contributed by atoms with Crippen molar-refractivity contribution < 1.29 is 27.6 Å². The molecular formula is C17H18N4O6S. The topological polar surface area (TPSA) is 133 Å². The lowest BCUT2D eigenvalue weighted by molar-refractivity contribution is -0.136. The second kappa shape index (κ2) is 6.76. The average Bonchev–Trinajstić information content (AvgIpc) is 2.93. The second-order valence-corrected chi connectivity index (χ2v) is 8.75. The highest BCUT2D eigenvalue weighted by atomic mass is 32.2. The summed E-state index contributed by atoms with van der Waals surface area (Å²) in [5.74, 6) is -2.56. The minimum Gasteiger partial charge on any atom is -0.314 e. The SMILES string of the molecule is O=C1CCC(N2C(=O)c3ccc(S(=O)(=O)N4CCNCC4)cc3C2=O)C(=O)N1. The van der Waals surface area contributed by atoms with Crippen LogP contribution in [0.4, 0.5) is 0 Å². The summed E-state index contributed by atoms with van der Waals surface area (Å²) in [6.07, 6.45) is 0.0640. The third-order valence-electron chi connectivity index (χ3n) is 5.12. The van der Waals surface area contributed by atoms with Crippen LogP contribution in [0.5, 0.6) is 0 Å². The molecule has 0 aromatic heterocycles. The molecule has 2 saturated heterocycles. The molecule has 1 aromatic rings. The lowest BCUT2D eigenvalue weighted by Crippen LogP contribution is -2.54. The molecule has 3 heterocycles. The van der Waals surface area contributed by atoms with Crippen LogP contribution in [0, 0.1) is 0 Å². The van der Waals surface area contributed by atoms with E-state index in [-0.39, 0.29) is 28.9 Å². The summed E-state index contributed by atoms with van der Waals surface area (Å²) < 4.78 is 27.0. The van der Waals surface area contributed by atoms with Crippen LogP contribution in [0.3, 0.4) is 0 Å². The van der Waals surface area contributed by atoms with E-state index >= 15 is 0 Å². The van der Waals surface area contributed by atoms with E-state index < -0.39 is 39.7 Å². The summed E-state index contributed by atoms with van der Waals surface area (Å²) in [5, 5.41) is 5.19. The van der Waals surface area contributed by atoms with E-state index in [1.54, 1.807) is 0 Å². The van der Waals surface area contributed by atoms with E-state index in [0.29, 0.717) is 26.2 Å². The molecule has 3 aliphatic heterocycles. The molecule has 1 atom stereocenters. The zero-order valence-electron chi connectivity index (χ0n) is 14.8. The first-order chi connectivity index (χ1) is 13.3. The van der Waals surface area contributed by atoms with Gasteiger partial charge in [-0.3, -0.25) is 29.4 Å². The number of hydrogen-bond acceptors (Lipinski definition) is 7. The molecule has 4 amide bonds. The molecule has 10 nitrogen and oxygen atoms in total. The molecule has 0 spiro atoms. The molecule has 0 aliphatic carbocycles. The van der Waals surface area contributed by atoms with Gasteiger partial charge in [-0.1, -0.05) is 0 Å². The number of imide groups is 2. The van der Waals surface area contributed by atoms with Crippen molar-refractivity contribution in [1.82, 2.24) is 19.8 Å². The van der Waals surface area contributed by atoms with Gasteiger partial charge >= 0.3 is 0 Å². The van der Waals surface area contributed by atoms with Crippen LogP contribution in [-0.4, -0.2) is 73.5 Å². The Kier molecular flexibility index (Phi) is 4.52. The largest absolute Gasteiger partial charge is 0.314 e. The molecule has 0 radical (unpaired) electrons. The van der Waals surface area contributed by atoms with Gasteiger partial charge in [0.25, 0.3) is 11.8 Å². The van der Waals surface area contributed by atoms with Gasteiger partial charge < -0.3 is 5.32 Å². The molecule has 3 aliphatic rings. The summed E-state index contributed by atoms with van der Waals surface area (Å²) in [5.41, 5.74) is -0.000120. The molecule has 1 unspecified atom stereocenters. The van der Waals surface area contributed by atoms with Gasteiger partial charge in [0.1, 0.15) is 6.04 Å². The minimum absolute atomic E-state index is 0.0203. The van der Waals surface area contributed by atoms with E-state index in [1.807, 2.05) is 0 Å². The van der Waals surface area contributed by atoms with Gasteiger partial charge in [-0.15, -0.1) is 0 Å². The van der Waals surface area contributed by atoms with Gasteiger partial charge in [0.2, 0.25) is 21.8 Å². The van der Waals surface area contributed by atoms with E-state index in [0.717, 1.165) is 4.90 Å². The molecule has 11 heteroatoms. The second-order valence-electron chi connectivity index (χ2n) is 6.81. The van der Waals surface area contributed by atoms with Gasteiger partial charge in [-0.2, -0.15) is 4.31 Å². The van der Waals surface area contributed by atoms with Gasteiger partial charge in [0.15, 0.2) is 0 Å². The first-order valence-corrected chi connectivity index (χ1v) is 10.3. The Morgan fingerprint density at radius 1 is 0.964 bits per heavy atom. The number of nitrogens with zero attached hydrogens (tertiary/aromatic N) is 2. The number of rotatable bonds is 3. The Balaban J connectivity index is 1.66. The molecule has 28 heavy (non-hydrogen) atoms. The van der Waals surface area contributed by atoms with E-state index in [2.05, 4.69) is 10.6 Å². The van der Waals surface area contributed by atoms with Crippen molar-refractivity contribution in [3.8, 4) is 0 Å². The van der Waals surface area contributed by atoms with Crippen LogP contribution in [0.15, 0.2) is 23.1 Å². The minimum atomic E-state index is -3.80. The van der Waals surface area contributed by atoms with E-state index in [1.165, 1.54) is 22.5 Å². The van der Waals surface area contributed by atoms with Gasteiger partial charge in [0, 0.05) is 32.6 Å². The van der Waals surface area contributed by atoms with Crippen molar-refractivity contribution in [1.29, 1.82) is 0 Å². The fourth-order valence-corrected chi connectivity index (χ4v) is 5.11. The number of benzene rings is 1. The number of sulfonamides is 1. The smallest absolute Gasteiger partial charge is 0.262 e. The maximum atomic E-state index is 12.8. The summed E-state index contributed by atoms with van der Waals surface area (Å²) >= 11 is 0. The van der Waals surface area contributed by atoms with Gasteiger partial charge in [-0.05, 0) is 24.6 Å². The monoisotopic (exact) mass is 406 g/mol. The molecule has 0 saturated carbocycles. The van der Waals surface area contributed by atoms with Crippen LogP contribution in [0.2, 0.25) is 0 Å². The molecule has 1 aromatic carbocycles. The number of piperazine rings is 1. The Hall–Kier alpha value is -2.63. The van der Waals surface area contributed by atoms with Crippen molar-refractivity contribution in [3.63, 3.8) is 0 Å². The third-order valence-corrected chi connectivity index (χ3v) is 7.02. The van der Waals surface area contributed by atoms with Crippen LogP contribution in [0.25, 0.3) is 0 Å². The molecule has 148 valence electrons. The van der Waals surface area contributed by atoms with Crippen molar-refractivity contribution in [2.75, 3.05) is 26.2 Å². The molecule has 4 rings (SSSR count). The van der Waals surface area contributed by atoms with Crippen LogP contribution >= 0.6 is 0 Å². The summed E-state index contributed by atoms with van der Waals surface area (Å²) in [6.45, 7) is 1.69. The van der Waals surface area contributed by atoms with Crippen molar-refractivity contribution in [3.05, 3.63) is 29.3 Å². The quantitative estimate of drug-likeness (QED) is 0.595. The van der Waals surface area contributed by atoms with Gasteiger partial charge in [-0.25, -0.2) is 8.42 Å². The lowest BCUT2D eigenvalue weighted by Gasteiger charge is -2.27. The van der Waals surface area contributed by atoms with Crippen LogP contribution in [0.1, 0.15) is 33.6 Å². The maximum absolute atomic E-state index is 12.8. The highest BCUT2D eigenvalue weighted by molar-refractivity contribution is 7.89. The van der Waals surface area contributed by atoms with Crippen LogP contribution < -0.4 is 10.6 Å². The first-order valence-electron chi connectivity index (χ1n) is 8.87. The number of carbonyl (C=O) groups excluding carboxylic acids is 4. The fraction of sp³-hybridized carbons (Fsp3) is 0.412. The summed E-state index contributed by atoms with van der Waals surface area (Å²) in [4.78, 5) is 49.6. The number of carbonyl (C=O) groups is 4. The zero-order chi connectivity index (χ0) is 20.1. The number of amides is 4. The average molecular weight is 406 g/mol. The highest BCUT2D eigenvalue weighted by Crippen LogP contribution is 2.30. The Morgan fingerprint density at radius 3 is 2.32 bits per heavy atom. The number of piperidine rings is 1. The number of fused-ring (bicyclic) bond motifs is 1. The predicted octanol–water partition coefficient (Wildman–Crippen LogP) is -1.32. The Labute approximate surface area is 160 Å². The highest BCUT2D eigenvalue weighted by Gasteiger charge is 2.45. The zero-order valence-corrected chi connectivity index (χ0v) is 15.6. The lowest BCUT2D eigenvalue weighted by atomic mass is 10.0. The van der Waals surface area contributed by atoms with E-state index in [9.17, 15) is 27.6 Å². The standard InChI is InChI=1S/C17H18N4O6S/c22-14-4-3-13(15(23)19-14)21-16(24)11-2-1-10(9-12(11)17(21)25)28(26,27)20-7-5-18-6-8-20/h1-2,9,13,18H,3-8H2,(H,19,22,23). The van der Waals surface area contributed by atoms with Crippen molar-refractivity contribution >= 4 is 33.7 Å². The fourth-order valence-electron chi connectivity index (χ4n) is 3.64. The van der Waals surface area contributed by atoms with Gasteiger partial charge in [0.05, 0.1) is 16.0 Å². The number of hydrogen-bond donors (Lipinski definition) is 2. The maximum Gasteiger partial charge on any atom is 0.262 e. The Morgan fingerprint density at radius 2 is 1.64 bits per heavy atom. The van der Waals surface area contributed by atoms with E-state index in [4.69, 9.17) is 0 Å². The summed E-state index contributed by atoms with van der Waals surface area (Å²) in [6, 6.07) is 2.71. The molecule has 0 bridgehead atoms. The summed E-state index contributed by atoms with van der Waals surface area (Å²) in [7, 11) is -3.80. The molecular weight excluding hydrogens is 388 g/mol. The predicted molar refractivity (Wildman–Crippen MR) is 94.7 cm³/mol. The van der Waals surface area contributed by atoms with Crippen molar-refractivity contribution in [2.24, 2.45) is 0 Å². The first kappa shape index (κ1) is 18.7.